The molecule has 55 heavy (non-hydrogen) atoms. The van der Waals surface area contributed by atoms with Gasteiger partial charge < -0.3 is 0 Å². The van der Waals surface area contributed by atoms with Crippen molar-refractivity contribution in [1.29, 1.82) is 0 Å². The Balaban J connectivity index is 1.32. The van der Waals surface area contributed by atoms with Crippen molar-refractivity contribution in [3.63, 3.8) is 0 Å². The summed E-state index contributed by atoms with van der Waals surface area (Å²) in [5.74, 6) is 1.65. The highest BCUT2D eigenvalue weighted by molar-refractivity contribution is 8.02. The molecule has 0 nitrogen and oxygen atoms in total. The molecule has 0 aliphatic heterocycles. The van der Waals surface area contributed by atoms with E-state index < -0.39 is 0 Å². The van der Waals surface area contributed by atoms with Crippen LogP contribution in [0.1, 0.15) is 52.6 Å². The van der Waals surface area contributed by atoms with Gasteiger partial charge in [-0.25, -0.2) is 0 Å². The average molecular weight is 729 g/mol. The Morgan fingerprint density at radius 1 is 0.745 bits per heavy atom. The van der Waals surface area contributed by atoms with Crippen LogP contribution in [-0.4, -0.2) is 6.26 Å². The van der Waals surface area contributed by atoms with E-state index in [0.29, 0.717) is 11.8 Å². The summed E-state index contributed by atoms with van der Waals surface area (Å²) in [4.78, 5) is 1.21. The topological polar surface area (TPSA) is 0 Å². The molecule has 4 aliphatic carbocycles. The second kappa shape index (κ2) is 17.2. The molecule has 4 aromatic carbocycles. The van der Waals surface area contributed by atoms with E-state index in [2.05, 4.69) is 189 Å². The highest BCUT2D eigenvalue weighted by Gasteiger charge is 2.35. The molecule has 0 amide bonds. The quantitative estimate of drug-likeness (QED) is 0.103. The zero-order valence-electron chi connectivity index (χ0n) is 31.7. The maximum atomic E-state index is 3.78. The Morgan fingerprint density at radius 3 is 2.18 bits per heavy atom. The van der Waals surface area contributed by atoms with Gasteiger partial charge in [0, 0.05) is 4.91 Å². The number of rotatable bonds is 12. The summed E-state index contributed by atoms with van der Waals surface area (Å²) < 4.78 is 0. The SMILES string of the molecule is C=C\C=C/C=C/C(=C/C=C/C1C=Cc2c(c(/C=C(\C3=CC=CCC3)c3ccccc3)c3ccccc3c2/C=C(/C2=CC3CC3C=C2)c2ccccc2)C1)SC. The lowest BCUT2D eigenvalue weighted by Gasteiger charge is -2.25. The zero-order chi connectivity index (χ0) is 37.4. The average Bonchev–Trinajstić information content (AvgIpc) is 4.03. The molecule has 270 valence electrons. The minimum absolute atomic E-state index is 0.267. The van der Waals surface area contributed by atoms with Crippen LogP contribution < -0.4 is 0 Å². The molecule has 0 radical (unpaired) electrons. The van der Waals surface area contributed by atoms with Crippen molar-refractivity contribution in [3.8, 4) is 0 Å². The Hall–Kier alpha value is -5.63. The summed E-state index contributed by atoms with van der Waals surface area (Å²) in [5.41, 5.74) is 13.2. The van der Waals surface area contributed by atoms with Crippen molar-refractivity contribution in [2.75, 3.05) is 6.26 Å². The number of hydrogen-bond donors (Lipinski definition) is 0. The standard InChI is InChI=1S/C54H48S/c1-3-4-5-15-26-46(55-2)27-18-19-39-30-33-49-52(34-39)54(37-50(40-20-9-6-10-21-40)41-22-11-7-12-23-41)48-29-17-16-28-47(48)53(49)38-51(42-24-13-8-14-25-42)44-32-31-43-35-45(43)36-44/h3-11,13-22,24-33,36-39,43,45H,1,12,23,34-35H2,2H3/b5-4-,19-18+,26-15+,46-27-,50-37-,51-38+. The highest BCUT2D eigenvalue weighted by Crippen LogP contribution is 2.47. The maximum Gasteiger partial charge on any atom is 0.00690 e. The van der Waals surface area contributed by atoms with E-state index in [1.807, 2.05) is 12.2 Å². The summed E-state index contributed by atoms with van der Waals surface area (Å²) in [6.07, 6.45) is 47.2. The normalized spacial score (nSPS) is 21.0. The van der Waals surface area contributed by atoms with Crippen LogP contribution in [0.4, 0.5) is 0 Å². The van der Waals surface area contributed by atoms with Crippen LogP contribution in [0.2, 0.25) is 0 Å². The molecule has 0 N–H and O–H groups in total. The first kappa shape index (κ1) is 36.4. The number of thioether (sulfide) groups is 1. The molecule has 3 atom stereocenters. The van der Waals surface area contributed by atoms with E-state index in [0.717, 1.165) is 19.3 Å². The fraction of sp³-hybridized carbons (Fsp3) is 0.148. The van der Waals surface area contributed by atoms with Gasteiger partial charge >= 0.3 is 0 Å². The molecule has 8 rings (SSSR count). The van der Waals surface area contributed by atoms with Gasteiger partial charge in [-0.15, -0.1) is 11.8 Å². The van der Waals surface area contributed by atoms with Crippen molar-refractivity contribution in [2.45, 2.75) is 25.7 Å². The summed E-state index contributed by atoms with van der Waals surface area (Å²) in [6.45, 7) is 3.78. The van der Waals surface area contributed by atoms with Crippen LogP contribution in [0, 0.1) is 17.8 Å². The first-order chi connectivity index (χ1) is 27.2. The van der Waals surface area contributed by atoms with Gasteiger partial charge in [0.2, 0.25) is 0 Å². The molecule has 3 unspecified atom stereocenters. The van der Waals surface area contributed by atoms with Gasteiger partial charge in [-0.3, -0.25) is 0 Å². The van der Waals surface area contributed by atoms with Crippen LogP contribution >= 0.6 is 11.8 Å². The molecule has 1 fully saturated rings. The van der Waals surface area contributed by atoms with Crippen LogP contribution in [0.15, 0.2) is 199 Å². The molecular formula is C54H48S. The lowest BCUT2D eigenvalue weighted by atomic mass is 9.78. The summed E-state index contributed by atoms with van der Waals surface area (Å²) in [5, 5.41) is 2.59. The molecule has 4 aromatic rings. The molecule has 0 saturated heterocycles. The van der Waals surface area contributed by atoms with Gasteiger partial charge in [-0.1, -0.05) is 177 Å². The fourth-order valence-corrected chi connectivity index (χ4v) is 8.55. The van der Waals surface area contributed by atoms with Crippen LogP contribution in [-0.2, 0) is 6.42 Å². The van der Waals surface area contributed by atoms with Gasteiger partial charge in [0.1, 0.15) is 0 Å². The van der Waals surface area contributed by atoms with Crippen molar-refractivity contribution < 1.29 is 0 Å². The molecule has 1 saturated carbocycles. The Labute approximate surface area is 332 Å². The maximum absolute atomic E-state index is 3.78. The third-order valence-electron chi connectivity index (χ3n) is 11.1. The van der Waals surface area contributed by atoms with Gasteiger partial charge in [0.05, 0.1) is 0 Å². The second-order valence-corrected chi connectivity index (χ2v) is 15.6. The van der Waals surface area contributed by atoms with E-state index in [1.165, 1.54) is 77.8 Å². The smallest absolute Gasteiger partial charge is 0.00690 e. The first-order valence-electron chi connectivity index (χ1n) is 19.6. The molecule has 4 aliphatic rings. The number of allylic oxidation sites excluding steroid dienone is 19. The predicted octanol–water partition coefficient (Wildman–Crippen LogP) is 14.6. The Kier molecular flexibility index (Phi) is 11.4. The van der Waals surface area contributed by atoms with Crippen molar-refractivity contribution in [1.82, 2.24) is 0 Å². The number of benzene rings is 4. The van der Waals surface area contributed by atoms with Crippen LogP contribution in [0.3, 0.4) is 0 Å². The first-order valence-corrected chi connectivity index (χ1v) is 20.9. The minimum Gasteiger partial charge on any atom is -0.130 e. The lowest BCUT2D eigenvalue weighted by molar-refractivity contribution is 0.795. The van der Waals surface area contributed by atoms with E-state index in [-0.39, 0.29) is 5.92 Å². The highest BCUT2D eigenvalue weighted by atomic mass is 32.2. The molecule has 0 bridgehead atoms. The van der Waals surface area contributed by atoms with Gasteiger partial charge in [-0.05, 0) is 140 Å². The predicted molar refractivity (Wildman–Crippen MR) is 243 cm³/mol. The zero-order valence-corrected chi connectivity index (χ0v) is 32.5. The van der Waals surface area contributed by atoms with Crippen molar-refractivity contribution >= 4 is 51.9 Å². The van der Waals surface area contributed by atoms with Crippen molar-refractivity contribution in [2.24, 2.45) is 17.8 Å². The largest absolute Gasteiger partial charge is 0.130 e. The third-order valence-corrected chi connectivity index (χ3v) is 11.8. The molecule has 0 heterocycles. The van der Waals surface area contributed by atoms with Gasteiger partial charge in [0.15, 0.2) is 0 Å². The van der Waals surface area contributed by atoms with Gasteiger partial charge in [-0.2, -0.15) is 0 Å². The monoisotopic (exact) mass is 728 g/mol. The van der Waals surface area contributed by atoms with E-state index in [1.54, 1.807) is 17.8 Å². The molecule has 1 heteroatoms. The summed E-state index contributed by atoms with van der Waals surface area (Å²) >= 11 is 1.76. The molecular weight excluding hydrogens is 681 g/mol. The fourth-order valence-electron chi connectivity index (χ4n) is 8.12. The molecule has 0 spiro atoms. The van der Waals surface area contributed by atoms with E-state index in [4.69, 9.17) is 0 Å². The van der Waals surface area contributed by atoms with E-state index >= 15 is 0 Å². The Bertz CT molecular complexity index is 2410. The Morgan fingerprint density at radius 2 is 1.47 bits per heavy atom. The number of hydrogen-bond acceptors (Lipinski definition) is 1. The minimum atomic E-state index is 0.267. The van der Waals surface area contributed by atoms with E-state index in [9.17, 15) is 0 Å². The third kappa shape index (κ3) is 8.39. The van der Waals surface area contributed by atoms with Gasteiger partial charge in [0.25, 0.3) is 0 Å². The lowest BCUT2D eigenvalue weighted by Crippen LogP contribution is -2.10. The summed E-state index contributed by atoms with van der Waals surface area (Å²) in [6, 6.07) is 31.1. The van der Waals surface area contributed by atoms with Crippen molar-refractivity contribution in [3.05, 3.63) is 232 Å². The van der Waals surface area contributed by atoms with Crippen LogP contribution in [0.25, 0.3) is 40.1 Å². The second-order valence-electron chi connectivity index (χ2n) is 14.7. The summed E-state index contributed by atoms with van der Waals surface area (Å²) in [7, 11) is 0. The molecule has 0 aromatic heterocycles. The van der Waals surface area contributed by atoms with Crippen LogP contribution in [0.5, 0.6) is 0 Å². The number of fused-ring (bicyclic) bond motifs is 3.